The number of carbonyl (C=O) groups excluding carboxylic acids is 1. The SMILES string of the molecule is C=CC(=O)OCCNCCCCCCCCCC. The summed E-state index contributed by atoms with van der Waals surface area (Å²) < 4.78 is 4.85. The molecular formula is C15H29NO2. The Morgan fingerprint density at radius 3 is 2.28 bits per heavy atom. The fourth-order valence-electron chi connectivity index (χ4n) is 1.79. The van der Waals surface area contributed by atoms with Crippen molar-refractivity contribution < 1.29 is 9.53 Å². The van der Waals surface area contributed by atoms with Crippen LogP contribution in [-0.4, -0.2) is 25.7 Å². The Balaban J connectivity index is 2.98. The van der Waals surface area contributed by atoms with Gasteiger partial charge in [-0.05, 0) is 13.0 Å². The first-order valence-electron chi connectivity index (χ1n) is 7.31. The van der Waals surface area contributed by atoms with Gasteiger partial charge in [-0.25, -0.2) is 4.79 Å². The Labute approximate surface area is 112 Å². The van der Waals surface area contributed by atoms with Crippen LogP contribution in [-0.2, 0) is 9.53 Å². The molecule has 0 aromatic rings. The van der Waals surface area contributed by atoms with Crippen molar-refractivity contribution in [3.8, 4) is 0 Å². The first kappa shape index (κ1) is 17.2. The van der Waals surface area contributed by atoms with Gasteiger partial charge >= 0.3 is 5.97 Å². The van der Waals surface area contributed by atoms with E-state index in [1.165, 1.54) is 57.4 Å². The van der Waals surface area contributed by atoms with Crippen LogP contribution in [0.4, 0.5) is 0 Å². The molecule has 0 atom stereocenters. The predicted molar refractivity (Wildman–Crippen MR) is 76.6 cm³/mol. The van der Waals surface area contributed by atoms with E-state index in [-0.39, 0.29) is 5.97 Å². The number of rotatable bonds is 13. The number of hydrogen-bond donors (Lipinski definition) is 1. The maximum absolute atomic E-state index is 10.7. The predicted octanol–water partition coefficient (Wildman–Crippen LogP) is 3.45. The Bertz CT molecular complexity index is 205. The van der Waals surface area contributed by atoms with Gasteiger partial charge in [0.05, 0.1) is 0 Å². The second kappa shape index (κ2) is 14.2. The van der Waals surface area contributed by atoms with E-state index in [0.717, 1.165) is 13.1 Å². The van der Waals surface area contributed by atoms with Crippen LogP contribution in [0.2, 0.25) is 0 Å². The van der Waals surface area contributed by atoms with Crippen LogP contribution in [0.3, 0.4) is 0 Å². The number of esters is 1. The van der Waals surface area contributed by atoms with Gasteiger partial charge in [-0.3, -0.25) is 0 Å². The highest BCUT2D eigenvalue weighted by molar-refractivity contribution is 5.81. The standard InChI is InChI=1S/C15H29NO2/c1-3-5-6-7-8-9-10-11-12-16-13-14-18-15(17)4-2/h4,16H,2-3,5-14H2,1H3. The average Bonchev–Trinajstić information content (AvgIpc) is 2.39. The minimum Gasteiger partial charge on any atom is -0.461 e. The van der Waals surface area contributed by atoms with Crippen LogP contribution in [0.25, 0.3) is 0 Å². The molecule has 0 amide bonds. The van der Waals surface area contributed by atoms with E-state index >= 15 is 0 Å². The van der Waals surface area contributed by atoms with E-state index in [1.807, 2.05) is 0 Å². The highest BCUT2D eigenvalue weighted by Gasteiger charge is 1.94. The van der Waals surface area contributed by atoms with Gasteiger partial charge in [0.15, 0.2) is 0 Å². The smallest absolute Gasteiger partial charge is 0.330 e. The second-order valence-electron chi connectivity index (χ2n) is 4.60. The van der Waals surface area contributed by atoms with Crippen LogP contribution < -0.4 is 5.32 Å². The monoisotopic (exact) mass is 255 g/mol. The van der Waals surface area contributed by atoms with Gasteiger partial charge in [-0.2, -0.15) is 0 Å². The molecule has 0 radical (unpaired) electrons. The summed E-state index contributed by atoms with van der Waals surface area (Å²) in [5, 5.41) is 3.26. The lowest BCUT2D eigenvalue weighted by Gasteiger charge is -2.05. The van der Waals surface area contributed by atoms with Crippen molar-refractivity contribution in [2.45, 2.75) is 58.3 Å². The minimum absolute atomic E-state index is 0.344. The van der Waals surface area contributed by atoms with Crippen molar-refractivity contribution in [3.05, 3.63) is 12.7 Å². The number of nitrogens with one attached hydrogen (secondary N) is 1. The summed E-state index contributed by atoms with van der Waals surface area (Å²) in [4.78, 5) is 10.7. The molecule has 0 fully saturated rings. The summed E-state index contributed by atoms with van der Waals surface area (Å²) in [5.41, 5.74) is 0. The molecule has 3 nitrogen and oxygen atoms in total. The molecule has 0 heterocycles. The molecule has 106 valence electrons. The number of hydrogen-bond acceptors (Lipinski definition) is 3. The Morgan fingerprint density at radius 2 is 1.67 bits per heavy atom. The first-order chi connectivity index (χ1) is 8.81. The molecule has 0 bridgehead atoms. The largest absolute Gasteiger partial charge is 0.461 e. The Hall–Kier alpha value is -0.830. The van der Waals surface area contributed by atoms with Gasteiger partial charge in [0.2, 0.25) is 0 Å². The van der Waals surface area contributed by atoms with Crippen molar-refractivity contribution in [2.75, 3.05) is 19.7 Å². The van der Waals surface area contributed by atoms with Gasteiger partial charge in [-0.15, -0.1) is 0 Å². The summed E-state index contributed by atoms with van der Waals surface area (Å²) in [6, 6.07) is 0. The number of unbranched alkanes of at least 4 members (excludes halogenated alkanes) is 7. The molecule has 0 aliphatic heterocycles. The van der Waals surface area contributed by atoms with Crippen LogP contribution in [0.5, 0.6) is 0 Å². The Morgan fingerprint density at radius 1 is 1.06 bits per heavy atom. The topological polar surface area (TPSA) is 38.3 Å². The fraction of sp³-hybridized carbons (Fsp3) is 0.800. The molecular weight excluding hydrogens is 226 g/mol. The molecule has 0 unspecified atom stereocenters. The maximum Gasteiger partial charge on any atom is 0.330 e. The van der Waals surface area contributed by atoms with Gasteiger partial charge < -0.3 is 10.1 Å². The maximum atomic E-state index is 10.7. The lowest BCUT2D eigenvalue weighted by Crippen LogP contribution is -2.21. The molecule has 0 aliphatic carbocycles. The zero-order chi connectivity index (χ0) is 13.5. The van der Waals surface area contributed by atoms with E-state index in [1.54, 1.807) is 0 Å². The second-order valence-corrected chi connectivity index (χ2v) is 4.60. The summed E-state index contributed by atoms with van der Waals surface area (Å²) in [6.07, 6.45) is 11.9. The van der Waals surface area contributed by atoms with Gasteiger partial charge in [0.1, 0.15) is 6.61 Å². The lowest BCUT2D eigenvalue weighted by molar-refractivity contribution is -0.137. The summed E-state index contributed by atoms with van der Waals surface area (Å²) >= 11 is 0. The normalized spacial score (nSPS) is 10.3. The van der Waals surface area contributed by atoms with Crippen LogP contribution in [0.15, 0.2) is 12.7 Å². The van der Waals surface area contributed by atoms with Crippen molar-refractivity contribution >= 4 is 5.97 Å². The summed E-state index contributed by atoms with van der Waals surface area (Å²) in [5.74, 6) is -0.344. The quantitative estimate of drug-likeness (QED) is 0.311. The van der Waals surface area contributed by atoms with Crippen molar-refractivity contribution in [2.24, 2.45) is 0 Å². The molecule has 0 spiro atoms. The molecule has 0 saturated carbocycles. The highest BCUT2D eigenvalue weighted by atomic mass is 16.5. The van der Waals surface area contributed by atoms with Crippen molar-refractivity contribution in [1.82, 2.24) is 5.32 Å². The van der Waals surface area contributed by atoms with Crippen LogP contribution in [0.1, 0.15) is 58.3 Å². The minimum atomic E-state index is -0.344. The third-order valence-corrected chi connectivity index (χ3v) is 2.90. The van der Waals surface area contributed by atoms with E-state index in [4.69, 9.17) is 4.74 Å². The van der Waals surface area contributed by atoms with E-state index in [0.29, 0.717) is 6.61 Å². The third kappa shape index (κ3) is 13.2. The van der Waals surface area contributed by atoms with Gasteiger partial charge in [-0.1, -0.05) is 58.4 Å². The number of ether oxygens (including phenoxy) is 1. The first-order valence-corrected chi connectivity index (χ1v) is 7.31. The average molecular weight is 255 g/mol. The third-order valence-electron chi connectivity index (χ3n) is 2.90. The van der Waals surface area contributed by atoms with E-state index < -0.39 is 0 Å². The lowest BCUT2D eigenvalue weighted by atomic mass is 10.1. The molecule has 3 heteroatoms. The van der Waals surface area contributed by atoms with Crippen molar-refractivity contribution in [1.29, 1.82) is 0 Å². The van der Waals surface area contributed by atoms with Crippen LogP contribution >= 0.6 is 0 Å². The molecule has 0 aromatic carbocycles. The van der Waals surface area contributed by atoms with E-state index in [2.05, 4.69) is 18.8 Å². The fourth-order valence-corrected chi connectivity index (χ4v) is 1.79. The van der Waals surface area contributed by atoms with Gasteiger partial charge in [0, 0.05) is 12.6 Å². The molecule has 0 rings (SSSR count). The molecule has 18 heavy (non-hydrogen) atoms. The molecule has 1 N–H and O–H groups in total. The van der Waals surface area contributed by atoms with E-state index in [9.17, 15) is 4.79 Å². The zero-order valence-electron chi connectivity index (χ0n) is 11.9. The highest BCUT2D eigenvalue weighted by Crippen LogP contribution is 2.07. The summed E-state index contributed by atoms with van der Waals surface area (Å²) in [7, 11) is 0. The Kier molecular flexibility index (Phi) is 13.6. The molecule has 0 aliphatic rings. The molecule has 0 saturated heterocycles. The zero-order valence-corrected chi connectivity index (χ0v) is 11.9. The molecule has 0 aromatic heterocycles. The van der Waals surface area contributed by atoms with Crippen molar-refractivity contribution in [3.63, 3.8) is 0 Å². The van der Waals surface area contributed by atoms with Crippen LogP contribution in [0, 0.1) is 0 Å². The van der Waals surface area contributed by atoms with Gasteiger partial charge in [0.25, 0.3) is 0 Å². The summed E-state index contributed by atoms with van der Waals surface area (Å²) in [6.45, 7) is 7.77. The number of carbonyl (C=O) groups is 1.